The van der Waals surface area contributed by atoms with E-state index in [1.54, 1.807) is 26.0 Å². The number of thioether (sulfide) groups is 1. The Hall–Kier alpha value is -1.07. The van der Waals surface area contributed by atoms with Gasteiger partial charge in [-0.25, -0.2) is 0 Å². The molecule has 0 aromatic heterocycles. The van der Waals surface area contributed by atoms with Crippen molar-refractivity contribution in [2.24, 2.45) is 5.16 Å². The van der Waals surface area contributed by atoms with Crippen LogP contribution in [0.25, 0.3) is 0 Å². The number of rotatable bonds is 5. The van der Waals surface area contributed by atoms with Gasteiger partial charge in [0.15, 0.2) is 5.60 Å². The van der Waals surface area contributed by atoms with Gasteiger partial charge in [0, 0.05) is 18.2 Å². The van der Waals surface area contributed by atoms with Crippen LogP contribution in [-0.2, 0) is 10.6 Å². The van der Waals surface area contributed by atoms with Crippen LogP contribution in [0.4, 0.5) is 0 Å². The summed E-state index contributed by atoms with van der Waals surface area (Å²) >= 11 is 7.52. The van der Waals surface area contributed by atoms with Crippen molar-refractivity contribution in [2.45, 2.75) is 24.7 Å². The first-order chi connectivity index (χ1) is 9.58. The zero-order valence-electron chi connectivity index (χ0n) is 11.8. The Kier molecular flexibility index (Phi) is 5.05. The molecule has 0 aliphatic carbocycles. The molecule has 1 aromatic rings. The van der Waals surface area contributed by atoms with E-state index in [0.29, 0.717) is 5.88 Å². The van der Waals surface area contributed by atoms with Gasteiger partial charge >= 0.3 is 0 Å². The first-order valence-corrected chi connectivity index (χ1v) is 7.76. The maximum absolute atomic E-state index is 5.87. The lowest BCUT2D eigenvalue weighted by Crippen LogP contribution is -2.26. The van der Waals surface area contributed by atoms with Crippen LogP contribution in [0.15, 0.2) is 23.4 Å². The van der Waals surface area contributed by atoms with Crippen LogP contribution in [0.3, 0.4) is 0 Å². The maximum Gasteiger partial charge on any atom is 0.154 e. The molecule has 0 spiro atoms. The van der Waals surface area contributed by atoms with E-state index in [1.165, 1.54) is 0 Å². The second-order valence-electron chi connectivity index (χ2n) is 4.85. The number of hydrogen-bond donors (Lipinski definition) is 0. The fourth-order valence-electron chi connectivity index (χ4n) is 1.81. The first kappa shape index (κ1) is 15.3. The second-order valence-corrected chi connectivity index (χ2v) is 6.16. The minimum absolute atomic E-state index is 0.365. The Morgan fingerprint density at radius 2 is 1.95 bits per heavy atom. The molecule has 1 aliphatic rings. The summed E-state index contributed by atoms with van der Waals surface area (Å²) in [5.74, 6) is 2.80. The Bertz CT molecular complexity index is 487. The summed E-state index contributed by atoms with van der Waals surface area (Å²) < 4.78 is 10.5. The highest BCUT2D eigenvalue weighted by atomic mass is 35.5. The average molecular weight is 316 g/mol. The van der Waals surface area contributed by atoms with E-state index < -0.39 is 0 Å². The minimum Gasteiger partial charge on any atom is -0.497 e. The van der Waals surface area contributed by atoms with Crippen molar-refractivity contribution in [3.8, 4) is 11.5 Å². The summed E-state index contributed by atoms with van der Waals surface area (Å²) in [6, 6.07) is 5.84. The zero-order chi connectivity index (χ0) is 14.6. The van der Waals surface area contributed by atoms with E-state index in [9.17, 15) is 0 Å². The van der Waals surface area contributed by atoms with Gasteiger partial charge < -0.3 is 14.3 Å². The van der Waals surface area contributed by atoms with Gasteiger partial charge in [-0.15, -0.1) is 23.4 Å². The fourth-order valence-corrected chi connectivity index (χ4v) is 2.95. The van der Waals surface area contributed by atoms with Crippen molar-refractivity contribution >= 4 is 28.4 Å². The Labute approximate surface area is 128 Å². The van der Waals surface area contributed by atoms with E-state index in [4.69, 9.17) is 25.9 Å². The number of alkyl halides is 1. The summed E-state index contributed by atoms with van der Waals surface area (Å²) in [5, 5.41) is 5.06. The number of oxime groups is 1. The zero-order valence-corrected chi connectivity index (χ0v) is 13.4. The van der Waals surface area contributed by atoms with Gasteiger partial charge in [0.1, 0.15) is 16.5 Å². The third-order valence-electron chi connectivity index (χ3n) is 2.99. The smallest absolute Gasteiger partial charge is 0.154 e. The number of nitrogens with zero attached hydrogens (tertiary/aromatic N) is 1. The topological polar surface area (TPSA) is 40.0 Å². The summed E-state index contributed by atoms with van der Waals surface area (Å²) in [4.78, 5) is 5.37. The SMILES string of the molecule is COc1cc(CSC2=NOC(C)(CCl)C2)cc(OC)c1. The number of benzene rings is 1. The third kappa shape index (κ3) is 3.73. The normalized spacial score (nSPS) is 21.3. The molecular weight excluding hydrogens is 298 g/mol. The van der Waals surface area contributed by atoms with Gasteiger partial charge in [-0.3, -0.25) is 0 Å². The molecule has 0 amide bonds. The molecule has 6 heteroatoms. The van der Waals surface area contributed by atoms with Crippen LogP contribution in [0.2, 0.25) is 0 Å². The number of hydrogen-bond acceptors (Lipinski definition) is 5. The Balaban J connectivity index is 1.98. The summed E-state index contributed by atoms with van der Waals surface area (Å²) in [6.45, 7) is 1.96. The van der Waals surface area contributed by atoms with Gasteiger partial charge in [0.05, 0.1) is 20.1 Å². The molecule has 20 heavy (non-hydrogen) atoms. The van der Waals surface area contributed by atoms with E-state index in [2.05, 4.69) is 5.16 Å². The van der Waals surface area contributed by atoms with Crippen LogP contribution in [0.1, 0.15) is 18.9 Å². The van der Waals surface area contributed by atoms with Crippen molar-refractivity contribution < 1.29 is 14.3 Å². The Morgan fingerprint density at radius 1 is 1.30 bits per heavy atom. The van der Waals surface area contributed by atoms with Crippen molar-refractivity contribution in [3.63, 3.8) is 0 Å². The lowest BCUT2D eigenvalue weighted by molar-refractivity contribution is 0.0152. The first-order valence-electron chi connectivity index (χ1n) is 6.24. The average Bonchev–Trinajstić information content (AvgIpc) is 2.87. The van der Waals surface area contributed by atoms with Gasteiger partial charge in [-0.05, 0) is 24.6 Å². The standard InChI is InChI=1S/C14H18ClNO3S/c1-14(9-15)7-13(16-19-14)20-8-10-4-11(17-2)6-12(5-10)18-3/h4-6H,7-9H2,1-3H3. The van der Waals surface area contributed by atoms with E-state index in [1.807, 2.05) is 25.1 Å². The van der Waals surface area contributed by atoms with Crippen LogP contribution in [0, 0.1) is 0 Å². The summed E-state index contributed by atoms with van der Waals surface area (Å²) in [5.41, 5.74) is 0.754. The maximum atomic E-state index is 5.87. The van der Waals surface area contributed by atoms with Gasteiger partial charge in [-0.1, -0.05) is 5.16 Å². The molecule has 2 rings (SSSR count). The molecule has 1 unspecified atom stereocenters. The number of halogens is 1. The molecule has 0 saturated carbocycles. The molecular formula is C14H18ClNO3S. The quantitative estimate of drug-likeness (QED) is 0.777. The highest BCUT2D eigenvalue weighted by Gasteiger charge is 2.33. The van der Waals surface area contributed by atoms with Crippen molar-refractivity contribution in [3.05, 3.63) is 23.8 Å². The minimum atomic E-state index is -0.365. The predicted molar refractivity (Wildman–Crippen MR) is 83.1 cm³/mol. The molecule has 0 bridgehead atoms. The van der Waals surface area contributed by atoms with Crippen LogP contribution in [0.5, 0.6) is 11.5 Å². The number of ether oxygens (including phenoxy) is 2. The monoisotopic (exact) mass is 315 g/mol. The van der Waals surface area contributed by atoms with E-state index in [0.717, 1.165) is 34.3 Å². The van der Waals surface area contributed by atoms with Crippen LogP contribution >= 0.6 is 23.4 Å². The summed E-state index contributed by atoms with van der Waals surface area (Å²) in [7, 11) is 3.29. The Morgan fingerprint density at radius 3 is 2.45 bits per heavy atom. The molecule has 1 heterocycles. The van der Waals surface area contributed by atoms with Crippen molar-refractivity contribution in [1.29, 1.82) is 0 Å². The van der Waals surface area contributed by atoms with Crippen molar-refractivity contribution in [2.75, 3.05) is 20.1 Å². The molecule has 4 nitrogen and oxygen atoms in total. The summed E-state index contributed by atoms with van der Waals surface area (Å²) in [6.07, 6.45) is 0.752. The molecule has 1 atom stereocenters. The van der Waals surface area contributed by atoms with Gasteiger partial charge in [-0.2, -0.15) is 0 Å². The van der Waals surface area contributed by atoms with E-state index in [-0.39, 0.29) is 5.60 Å². The second kappa shape index (κ2) is 6.59. The highest BCUT2D eigenvalue weighted by Crippen LogP contribution is 2.32. The molecule has 0 radical (unpaired) electrons. The predicted octanol–water partition coefficient (Wildman–Crippen LogP) is 3.67. The molecule has 0 N–H and O–H groups in total. The molecule has 0 fully saturated rings. The highest BCUT2D eigenvalue weighted by molar-refractivity contribution is 8.13. The van der Waals surface area contributed by atoms with Gasteiger partial charge in [0.2, 0.25) is 0 Å². The van der Waals surface area contributed by atoms with Crippen LogP contribution in [-0.4, -0.2) is 30.7 Å². The van der Waals surface area contributed by atoms with E-state index >= 15 is 0 Å². The van der Waals surface area contributed by atoms with Gasteiger partial charge in [0.25, 0.3) is 0 Å². The number of methoxy groups -OCH3 is 2. The fraction of sp³-hybridized carbons (Fsp3) is 0.500. The lowest BCUT2D eigenvalue weighted by Gasteiger charge is -2.16. The molecule has 0 saturated heterocycles. The largest absolute Gasteiger partial charge is 0.497 e. The molecule has 1 aliphatic heterocycles. The molecule has 1 aromatic carbocycles. The lowest BCUT2D eigenvalue weighted by atomic mass is 10.1. The van der Waals surface area contributed by atoms with Crippen molar-refractivity contribution in [1.82, 2.24) is 0 Å². The molecule has 110 valence electrons. The van der Waals surface area contributed by atoms with Crippen LogP contribution < -0.4 is 9.47 Å². The third-order valence-corrected chi connectivity index (χ3v) is 4.59.